The fourth-order valence-electron chi connectivity index (χ4n) is 3.18. The number of nitrogens with zero attached hydrogens (tertiary/aromatic N) is 1. The van der Waals surface area contributed by atoms with Crippen LogP contribution in [0.4, 0.5) is 0 Å². The number of aliphatic carboxylic acids is 1. The number of rotatable bonds is 6. The van der Waals surface area contributed by atoms with Gasteiger partial charge in [0.15, 0.2) is 5.09 Å². The van der Waals surface area contributed by atoms with E-state index in [0.717, 1.165) is 11.1 Å². The van der Waals surface area contributed by atoms with Crippen molar-refractivity contribution in [1.82, 2.24) is 10.4 Å². The Hall–Kier alpha value is -1.53. The molecule has 3 aliphatic heterocycles. The summed E-state index contributed by atoms with van der Waals surface area (Å²) in [5, 5.41) is 15.1. The van der Waals surface area contributed by atoms with Gasteiger partial charge in [-0.3, -0.25) is 19.2 Å². The number of hydrogen-bond donors (Lipinski definition) is 1. The van der Waals surface area contributed by atoms with E-state index in [4.69, 9.17) is 14.3 Å². The SMILES string of the molecule is CC1=CC(C)OC(SCC(=O)N[C@H]2CON(C3(C(=O)[O-])CCC(=O)O3)C2=O)=C1C.[Na+]. The van der Waals surface area contributed by atoms with Crippen LogP contribution in [0.1, 0.15) is 33.6 Å². The number of amides is 2. The van der Waals surface area contributed by atoms with Crippen molar-refractivity contribution in [3.05, 3.63) is 22.3 Å². The van der Waals surface area contributed by atoms with Crippen LogP contribution in [0.5, 0.6) is 0 Å². The summed E-state index contributed by atoms with van der Waals surface area (Å²) in [5.74, 6) is -3.80. The zero-order valence-corrected chi connectivity index (χ0v) is 20.0. The van der Waals surface area contributed by atoms with Gasteiger partial charge in [-0.15, -0.1) is 0 Å². The second-order valence-electron chi connectivity index (χ2n) is 6.97. The molecule has 2 saturated heterocycles. The van der Waals surface area contributed by atoms with Gasteiger partial charge in [0.05, 0.1) is 12.2 Å². The summed E-state index contributed by atoms with van der Waals surface area (Å²) in [6.45, 7) is 5.47. The number of carboxylic acids is 1. The number of hydrogen-bond acceptors (Lipinski definition) is 9. The summed E-state index contributed by atoms with van der Waals surface area (Å²) in [5.41, 5.74) is -0.299. The smallest absolute Gasteiger partial charge is 0.544 e. The fourth-order valence-corrected chi connectivity index (χ4v) is 4.12. The minimum atomic E-state index is -2.31. The van der Waals surface area contributed by atoms with Crippen LogP contribution in [-0.4, -0.2) is 59.0 Å². The average molecular weight is 448 g/mol. The van der Waals surface area contributed by atoms with E-state index in [1.807, 2.05) is 26.8 Å². The van der Waals surface area contributed by atoms with Crippen LogP contribution in [-0.2, 0) is 33.5 Å². The average Bonchev–Trinajstić information content (AvgIpc) is 3.21. The summed E-state index contributed by atoms with van der Waals surface area (Å²) in [6, 6.07) is -1.10. The Bertz CT molecular complexity index is 829. The van der Waals surface area contributed by atoms with Crippen molar-refractivity contribution in [3.63, 3.8) is 0 Å². The van der Waals surface area contributed by atoms with Crippen molar-refractivity contribution in [2.24, 2.45) is 0 Å². The third kappa shape index (κ3) is 4.86. The summed E-state index contributed by atoms with van der Waals surface area (Å²) in [6.07, 6.45) is 1.41. The van der Waals surface area contributed by atoms with Crippen molar-refractivity contribution < 1.29 is 68.2 Å². The first-order valence-corrected chi connectivity index (χ1v) is 10.0. The molecule has 2 unspecified atom stereocenters. The van der Waals surface area contributed by atoms with E-state index in [9.17, 15) is 24.3 Å². The van der Waals surface area contributed by atoms with Gasteiger partial charge in [-0.2, -0.15) is 5.06 Å². The first kappa shape index (κ1) is 24.7. The summed E-state index contributed by atoms with van der Waals surface area (Å²) in [7, 11) is 0. The quantitative estimate of drug-likeness (QED) is 0.323. The van der Waals surface area contributed by atoms with E-state index in [2.05, 4.69) is 5.32 Å². The molecule has 2 fully saturated rings. The first-order chi connectivity index (χ1) is 13.6. The molecular formula is C18H21N2NaO8S. The predicted molar refractivity (Wildman–Crippen MR) is 97.3 cm³/mol. The maximum absolute atomic E-state index is 12.5. The van der Waals surface area contributed by atoms with Gasteiger partial charge in [-0.1, -0.05) is 11.8 Å². The number of carboxylic acid groups (broad SMARTS) is 1. The van der Waals surface area contributed by atoms with Crippen molar-refractivity contribution in [2.75, 3.05) is 12.4 Å². The van der Waals surface area contributed by atoms with E-state index < -0.39 is 35.5 Å². The molecule has 3 atom stereocenters. The predicted octanol–water partition coefficient (Wildman–Crippen LogP) is -3.64. The number of nitrogens with one attached hydrogen (secondary N) is 1. The van der Waals surface area contributed by atoms with Crippen LogP contribution < -0.4 is 40.0 Å². The van der Waals surface area contributed by atoms with Gasteiger partial charge in [0.25, 0.3) is 11.6 Å². The fraction of sp³-hybridized carbons (Fsp3) is 0.556. The number of carbonyl (C=O) groups excluding carboxylic acids is 4. The zero-order valence-electron chi connectivity index (χ0n) is 17.2. The van der Waals surface area contributed by atoms with E-state index in [0.29, 0.717) is 10.2 Å². The van der Waals surface area contributed by atoms with Crippen LogP contribution >= 0.6 is 11.8 Å². The van der Waals surface area contributed by atoms with Crippen molar-refractivity contribution in [1.29, 1.82) is 0 Å². The van der Waals surface area contributed by atoms with Crippen LogP contribution in [0.15, 0.2) is 22.3 Å². The Kier molecular flexibility index (Phi) is 8.03. The Morgan fingerprint density at radius 1 is 1.37 bits per heavy atom. The molecule has 158 valence electrons. The molecule has 0 spiro atoms. The molecule has 0 saturated carbocycles. The van der Waals surface area contributed by atoms with Gasteiger partial charge < -0.3 is 24.7 Å². The van der Waals surface area contributed by atoms with Crippen molar-refractivity contribution in [2.45, 2.75) is 51.5 Å². The molecule has 12 heteroatoms. The molecule has 3 aliphatic rings. The summed E-state index contributed by atoms with van der Waals surface area (Å²) >= 11 is 1.20. The van der Waals surface area contributed by atoms with Crippen molar-refractivity contribution >= 4 is 35.5 Å². The second kappa shape index (κ2) is 9.73. The minimum Gasteiger partial charge on any atom is -0.544 e. The molecular weight excluding hydrogens is 427 g/mol. The van der Waals surface area contributed by atoms with E-state index in [-0.39, 0.29) is 60.9 Å². The normalized spacial score (nSPS) is 28.5. The summed E-state index contributed by atoms with van der Waals surface area (Å²) in [4.78, 5) is 52.9. The monoisotopic (exact) mass is 448 g/mol. The molecule has 3 heterocycles. The van der Waals surface area contributed by atoms with Crippen LogP contribution in [0, 0.1) is 0 Å². The van der Waals surface area contributed by atoms with Gasteiger partial charge in [-0.25, -0.2) is 0 Å². The first-order valence-electron chi connectivity index (χ1n) is 9.03. The second-order valence-corrected chi connectivity index (χ2v) is 7.92. The molecule has 0 radical (unpaired) electrons. The molecule has 0 aromatic carbocycles. The number of thioether (sulfide) groups is 1. The maximum Gasteiger partial charge on any atom is 1.00 e. The number of allylic oxidation sites excluding steroid dienone is 2. The van der Waals surface area contributed by atoms with Crippen LogP contribution in [0.25, 0.3) is 0 Å². The number of hydroxylamine groups is 2. The molecule has 2 amide bonds. The molecule has 0 aromatic heterocycles. The zero-order chi connectivity index (χ0) is 21.3. The van der Waals surface area contributed by atoms with Gasteiger partial charge in [0, 0.05) is 12.0 Å². The molecule has 0 aliphatic carbocycles. The van der Waals surface area contributed by atoms with E-state index in [1.165, 1.54) is 11.8 Å². The summed E-state index contributed by atoms with van der Waals surface area (Å²) < 4.78 is 10.5. The Labute approximate surface area is 199 Å². The Balaban J connectivity index is 0.00000320. The van der Waals surface area contributed by atoms with Crippen LogP contribution in [0.2, 0.25) is 0 Å². The van der Waals surface area contributed by atoms with Crippen LogP contribution in [0.3, 0.4) is 0 Å². The van der Waals surface area contributed by atoms with Gasteiger partial charge >= 0.3 is 35.5 Å². The number of carbonyl (C=O) groups is 4. The Morgan fingerprint density at radius 2 is 2.07 bits per heavy atom. The van der Waals surface area contributed by atoms with Crippen molar-refractivity contribution in [3.8, 4) is 0 Å². The molecule has 30 heavy (non-hydrogen) atoms. The molecule has 10 nitrogen and oxygen atoms in total. The molecule has 1 N–H and O–H groups in total. The minimum absolute atomic E-state index is 0. The number of ether oxygens (including phenoxy) is 2. The maximum atomic E-state index is 12.5. The van der Waals surface area contributed by atoms with Gasteiger partial charge in [0.1, 0.15) is 24.7 Å². The third-order valence-corrected chi connectivity index (χ3v) is 5.88. The number of cyclic esters (lactones) is 1. The molecule has 0 bridgehead atoms. The third-order valence-electron chi connectivity index (χ3n) is 4.81. The number of esters is 1. The van der Waals surface area contributed by atoms with E-state index in [1.54, 1.807) is 0 Å². The standard InChI is InChI=1S/C18H22N2O8S.Na/c1-9-6-10(2)27-16(11(9)3)29-8-13(21)19-12-7-26-20(15(12)23)18(17(24)25)5-4-14(22)28-18;/h6,10,12H,4-5,7-8H2,1-3H3,(H,19,21)(H,24,25);/q;+1/p-1/t10?,12-,18?;/m0./s1. The Morgan fingerprint density at radius 3 is 2.67 bits per heavy atom. The largest absolute Gasteiger partial charge is 1.00 e. The van der Waals surface area contributed by atoms with Gasteiger partial charge in [0.2, 0.25) is 5.91 Å². The topological polar surface area (TPSA) is 134 Å². The van der Waals surface area contributed by atoms with E-state index >= 15 is 0 Å². The van der Waals surface area contributed by atoms with Gasteiger partial charge in [-0.05, 0) is 32.4 Å². The molecule has 3 rings (SSSR count). The molecule has 0 aromatic rings.